The van der Waals surface area contributed by atoms with Gasteiger partial charge >= 0.3 is 0 Å². The van der Waals surface area contributed by atoms with Crippen LogP contribution in [0.4, 0.5) is 10.1 Å². The quantitative estimate of drug-likeness (QED) is 0.863. The number of nitrogens with zero attached hydrogens (tertiary/aromatic N) is 1. The third-order valence-corrected chi connectivity index (χ3v) is 5.14. The molecule has 3 rings (SSSR count). The third-order valence-electron chi connectivity index (χ3n) is 3.91. The van der Waals surface area contributed by atoms with Gasteiger partial charge in [0.1, 0.15) is 11.6 Å². The predicted octanol–water partition coefficient (Wildman–Crippen LogP) is 3.05. The number of hydrogen-bond donors (Lipinski definition) is 0. The van der Waals surface area contributed by atoms with E-state index in [0.29, 0.717) is 12.1 Å². The van der Waals surface area contributed by atoms with Crippen LogP contribution in [0.1, 0.15) is 17.5 Å². The number of carbonyl (C=O) groups excluding carboxylic acids is 1. The molecule has 0 aliphatic carbocycles. The van der Waals surface area contributed by atoms with E-state index in [9.17, 15) is 13.4 Å². The first-order valence-electron chi connectivity index (χ1n) is 7.61. The monoisotopic (exact) mass is 331 g/mol. The molecule has 0 aromatic heterocycles. The van der Waals surface area contributed by atoms with E-state index in [1.165, 1.54) is 12.1 Å². The minimum absolute atomic E-state index is 0.0369. The highest BCUT2D eigenvalue weighted by molar-refractivity contribution is 7.84. The number of carbonyl (C=O) groups is 1. The fourth-order valence-corrected chi connectivity index (χ4v) is 3.96. The standard InChI is InChI=1S/C18H18FNO2S/c19-16-8-3-5-14(11-16)12-23(22)13-18(21)20-10-4-7-15-6-1-2-9-17(15)20/h1-3,5-6,8-9,11H,4,7,10,12-13H2. The van der Waals surface area contributed by atoms with Gasteiger partial charge in [-0.2, -0.15) is 0 Å². The molecule has 0 radical (unpaired) electrons. The van der Waals surface area contributed by atoms with Gasteiger partial charge in [-0.25, -0.2) is 4.39 Å². The Balaban J connectivity index is 1.67. The van der Waals surface area contributed by atoms with Crippen LogP contribution >= 0.6 is 0 Å². The zero-order chi connectivity index (χ0) is 16.2. The summed E-state index contributed by atoms with van der Waals surface area (Å²) in [7, 11) is -1.35. The van der Waals surface area contributed by atoms with Gasteiger partial charge in [-0.3, -0.25) is 9.00 Å². The largest absolute Gasteiger partial charge is 0.311 e. The maximum Gasteiger partial charge on any atom is 0.239 e. The Morgan fingerprint density at radius 2 is 2.00 bits per heavy atom. The summed E-state index contributed by atoms with van der Waals surface area (Å²) in [6.45, 7) is 0.660. The van der Waals surface area contributed by atoms with Crippen molar-refractivity contribution in [1.29, 1.82) is 0 Å². The molecule has 0 saturated heterocycles. The maximum atomic E-state index is 13.2. The number of benzene rings is 2. The molecule has 1 aliphatic rings. The minimum atomic E-state index is -1.35. The van der Waals surface area contributed by atoms with Gasteiger partial charge in [-0.1, -0.05) is 30.3 Å². The van der Waals surface area contributed by atoms with E-state index < -0.39 is 10.8 Å². The van der Waals surface area contributed by atoms with Gasteiger partial charge in [0.25, 0.3) is 0 Å². The van der Waals surface area contributed by atoms with Crippen molar-refractivity contribution in [2.75, 3.05) is 17.2 Å². The molecular weight excluding hydrogens is 313 g/mol. The van der Waals surface area contributed by atoms with E-state index in [2.05, 4.69) is 0 Å². The van der Waals surface area contributed by atoms with Gasteiger partial charge in [0.2, 0.25) is 5.91 Å². The lowest BCUT2D eigenvalue weighted by molar-refractivity contribution is -0.116. The van der Waals surface area contributed by atoms with Crippen molar-refractivity contribution in [3.8, 4) is 0 Å². The van der Waals surface area contributed by atoms with Crippen LogP contribution in [-0.2, 0) is 27.8 Å². The van der Waals surface area contributed by atoms with Crippen LogP contribution in [0.15, 0.2) is 48.5 Å². The summed E-state index contributed by atoms with van der Waals surface area (Å²) in [5, 5.41) is 0. The van der Waals surface area contributed by atoms with E-state index in [0.717, 1.165) is 24.1 Å². The molecule has 2 aromatic rings. The summed E-state index contributed by atoms with van der Waals surface area (Å²) in [4.78, 5) is 14.2. The lowest BCUT2D eigenvalue weighted by Crippen LogP contribution is -2.38. The minimum Gasteiger partial charge on any atom is -0.311 e. The topological polar surface area (TPSA) is 37.4 Å². The number of aryl methyl sites for hydroxylation is 1. The number of fused-ring (bicyclic) bond motifs is 1. The van der Waals surface area contributed by atoms with Crippen molar-refractivity contribution in [1.82, 2.24) is 0 Å². The molecule has 1 heterocycles. The lowest BCUT2D eigenvalue weighted by Gasteiger charge is -2.29. The molecule has 5 heteroatoms. The zero-order valence-electron chi connectivity index (χ0n) is 12.7. The number of halogens is 1. The second-order valence-electron chi connectivity index (χ2n) is 5.64. The molecule has 0 bridgehead atoms. The number of anilines is 1. The molecule has 1 atom stereocenters. The number of amides is 1. The molecule has 1 amide bonds. The Morgan fingerprint density at radius 1 is 1.17 bits per heavy atom. The Labute approximate surface area is 137 Å². The molecule has 0 N–H and O–H groups in total. The summed E-state index contributed by atoms with van der Waals surface area (Å²) in [6, 6.07) is 13.9. The van der Waals surface area contributed by atoms with E-state index >= 15 is 0 Å². The van der Waals surface area contributed by atoms with Crippen molar-refractivity contribution in [2.24, 2.45) is 0 Å². The van der Waals surface area contributed by atoms with E-state index in [1.807, 2.05) is 24.3 Å². The summed E-state index contributed by atoms with van der Waals surface area (Å²) in [5.41, 5.74) is 2.73. The SMILES string of the molecule is O=C(CS(=O)Cc1cccc(F)c1)N1CCCc2ccccc21. The van der Waals surface area contributed by atoms with Gasteiger partial charge < -0.3 is 4.90 Å². The van der Waals surface area contributed by atoms with E-state index in [4.69, 9.17) is 0 Å². The van der Waals surface area contributed by atoms with Crippen molar-refractivity contribution in [2.45, 2.75) is 18.6 Å². The third kappa shape index (κ3) is 3.85. The van der Waals surface area contributed by atoms with Crippen LogP contribution in [0, 0.1) is 5.82 Å². The zero-order valence-corrected chi connectivity index (χ0v) is 13.5. The Hall–Kier alpha value is -2.01. The van der Waals surface area contributed by atoms with Gasteiger partial charge in [0.05, 0.1) is 0 Å². The van der Waals surface area contributed by atoms with Crippen molar-refractivity contribution < 1.29 is 13.4 Å². The van der Waals surface area contributed by atoms with Gasteiger partial charge in [0.15, 0.2) is 0 Å². The van der Waals surface area contributed by atoms with E-state index in [-0.39, 0.29) is 23.2 Å². The highest BCUT2D eigenvalue weighted by Gasteiger charge is 2.23. The van der Waals surface area contributed by atoms with Crippen LogP contribution in [-0.4, -0.2) is 22.4 Å². The van der Waals surface area contributed by atoms with Crippen LogP contribution < -0.4 is 4.90 Å². The first-order valence-corrected chi connectivity index (χ1v) is 9.10. The predicted molar refractivity (Wildman–Crippen MR) is 90.2 cm³/mol. The molecule has 23 heavy (non-hydrogen) atoms. The molecule has 1 aliphatic heterocycles. The Kier molecular flexibility index (Phi) is 4.86. The number of para-hydroxylation sites is 1. The first kappa shape index (κ1) is 15.9. The van der Waals surface area contributed by atoms with Gasteiger partial charge in [0, 0.05) is 28.8 Å². The second-order valence-corrected chi connectivity index (χ2v) is 7.09. The fourth-order valence-electron chi connectivity index (χ4n) is 2.87. The molecular formula is C18H18FNO2S. The second kappa shape index (κ2) is 7.04. The van der Waals surface area contributed by atoms with Crippen molar-refractivity contribution in [3.63, 3.8) is 0 Å². The molecule has 3 nitrogen and oxygen atoms in total. The van der Waals surface area contributed by atoms with Crippen LogP contribution in [0.3, 0.4) is 0 Å². The number of hydrogen-bond acceptors (Lipinski definition) is 2. The Morgan fingerprint density at radius 3 is 2.83 bits per heavy atom. The molecule has 0 fully saturated rings. The van der Waals surface area contributed by atoms with Gasteiger partial charge in [-0.05, 0) is 42.2 Å². The fraction of sp³-hybridized carbons (Fsp3) is 0.278. The molecule has 0 saturated carbocycles. The van der Waals surface area contributed by atoms with Crippen LogP contribution in [0.2, 0.25) is 0 Å². The lowest BCUT2D eigenvalue weighted by atomic mass is 10.0. The summed E-state index contributed by atoms with van der Waals surface area (Å²) < 4.78 is 25.4. The normalized spacial score (nSPS) is 15.1. The maximum absolute atomic E-state index is 13.2. The summed E-state index contributed by atoms with van der Waals surface area (Å²) in [6.07, 6.45) is 1.88. The molecule has 1 unspecified atom stereocenters. The summed E-state index contributed by atoms with van der Waals surface area (Å²) >= 11 is 0. The molecule has 2 aromatic carbocycles. The Bertz CT molecular complexity index is 747. The number of rotatable bonds is 4. The van der Waals surface area contributed by atoms with Gasteiger partial charge in [-0.15, -0.1) is 0 Å². The van der Waals surface area contributed by atoms with Crippen LogP contribution in [0.5, 0.6) is 0 Å². The van der Waals surface area contributed by atoms with E-state index in [1.54, 1.807) is 17.0 Å². The highest BCUT2D eigenvalue weighted by atomic mass is 32.2. The smallest absolute Gasteiger partial charge is 0.239 e. The summed E-state index contributed by atoms with van der Waals surface area (Å²) in [5.74, 6) is -0.327. The molecule has 0 spiro atoms. The highest BCUT2D eigenvalue weighted by Crippen LogP contribution is 2.26. The van der Waals surface area contributed by atoms with Crippen molar-refractivity contribution in [3.05, 3.63) is 65.5 Å². The average Bonchev–Trinajstić information content (AvgIpc) is 2.54. The van der Waals surface area contributed by atoms with Crippen molar-refractivity contribution >= 4 is 22.4 Å². The van der Waals surface area contributed by atoms with Crippen LogP contribution in [0.25, 0.3) is 0 Å². The molecule has 120 valence electrons. The first-order chi connectivity index (χ1) is 11.1. The average molecular weight is 331 g/mol.